The van der Waals surface area contributed by atoms with Crippen LogP contribution in [0.2, 0.25) is 0 Å². The molecule has 0 rings (SSSR count). The SMILES string of the molecule is CCC[C@@H](C)CC(C)C.[HH]. The maximum Gasteiger partial charge on any atom is 0 e. The molecule has 0 fully saturated rings. The van der Waals surface area contributed by atoms with Crippen molar-refractivity contribution in [2.45, 2.75) is 47.0 Å². The highest BCUT2D eigenvalue weighted by molar-refractivity contribution is 4.54. The molecule has 0 bridgehead atoms. The Hall–Kier alpha value is 0. The predicted octanol–water partition coefficient (Wildman–Crippen LogP) is 3.71. The van der Waals surface area contributed by atoms with E-state index < -0.39 is 0 Å². The van der Waals surface area contributed by atoms with E-state index in [4.69, 9.17) is 0 Å². The second kappa shape index (κ2) is 4.84. The van der Waals surface area contributed by atoms with E-state index in [1.807, 2.05) is 0 Å². The Morgan fingerprint density at radius 1 is 1.22 bits per heavy atom. The summed E-state index contributed by atoms with van der Waals surface area (Å²) in [7, 11) is 0. The minimum Gasteiger partial charge on any atom is -0.0654 e. The van der Waals surface area contributed by atoms with Crippen molar-refractivity contribution in [2.24, 2.45) is 11.8 Å². The van der Waals surface area contributed by atoms with E-state index in [0.29, 0.717) is 0 Å². The molecule has 1 atom stereocenters. The van der Waals surface area contributed by atoms with Gasteiger partial charge in [0.2, 0.25) is 0 Å². The maximum absolute atomic E-state index is 2.35. The molecule has 0 amide bonds. The van der Waals surface area contributed by atoms with Crippen molar-refractivity contribution in [3.05, 3.63) is 0 Å². The molecule has 0 aliphatic heterocycles. The molecule has 0 aromatic heterocycles. The lowest BCUT2D eigenvalue weighted by atomic mass is 9.95. The highest BCUT2D eigenvalue weighted by Gasteiger charge is 2.02. The van der Waals surface area contributed by atoms with Crippen molar-refractivity contribution in [3.63, 3.8) is 0 Å². The summed E-state index contributed by atoms with van der Waals surface area (Å²) in [5.41, 5.74) is 0. The summed E-state index contributed by atoms with van der Waals surface area (Å²) >= 11 is 0. The molecule has 0 aliphatic rings. The monoisotopic (exact) mass is 130 g/mol. The third-order valence-electron chi connectivity index (χ3n) is 1.66. The lowest BCUT2D eigenvalue weighted by Gasteiger charge is -2.11. The van der Waals surface area contributed by atoms with Gasteiger partial charge in [-0.2, -0.15) is 0 Å². The Labute approximate surface area is 61.1 Å². The van der Waals surface area contributed by atoms with Gasteiger partial charge < -0.3 is 0 Å². The molecule has 0 N–H and O–H groups in total. The van der Waals surface area contributed by atoms with E-state index >= 15 is 0 Å². The first-order chi connectivity index (χ1) is 4.16. The van der Waals surface area contributed by atoms with Crippen LogP contribution in [0.3, 0.4) is 0 Å². The van der Waals surface area contributed by atoms with Gasteiger partial charge in [-0.25, -0.2) is 0 Å². The van der Waals surface area contributed by atoms with Crippen LogP contribution in [0.4, 0.5) is 0 Å². The Morgan fingerprint density at radius 3 is 2.11 bits per heavy atom. The quantitative estimate of drug-likeness (QED) is 0.544. The second-order valence-electron chi connectivity index (χ2n) is 3.52. The second-order valence-corrected chi connectivity index (χ2v) is 3.52. The third-order valence-corrected chi connectivity index (χ3v) is 1.66. The molecular weight excluding hydrogens is 108 g/mol. The van der Waals surface area contributed by atoms with E-state index in [-0.39, 0.29) is 1.43 Å². The maximum atomic E-state index is 2.35. The molecule has 0 spiro atoms. The molecule has 9 heavy (non-hydrogen) atoms. The van der Waals surface area contributed by atoms with Crippen molar-refractivity contribution >= 4 is 0 Å². The summed E-state index contributed by atoms with van der Waals surface area (Å²) in [6.45, 7) is 9.21. The molecule has 0 aromatic rings. The summed E-state index contributed by atoms with van der Waals surface area (Å²) in [6.07, 6.45) is 4.14. The van der Waals surface area contributed by atoms with Gasteiger partial charge in [-0.15, -0.1) is 0 Å². The van der Waals surface area contributed by atoms with Gasteiger partial charge >= 0.3 is 0 Å². The van der Waals surface area contributed by atoms with Crippen LogP contribution in [0.15, 0.2) is 0 Å². The van der Waals surface area contributed by atoms with E-state index in [2.05, 4.69) is 27.7 Å². The lowest BCUT2D eigenvalue weighted by molar-refractivity contribution is 0.412. The number of rotatable bonds is 4. The molecule has 0 saturated heterocycles. The minimum absolute atomic E-state index is 0. The highest BCUT2D eigenvalue weighted by atomic mass is 14.1. The first-order valence-electron chi connectivity index (χ1n) is 4.16. The average molecular weight is 130 g/mol. The first-order valence-corrected chi connectivity index (χ1v) is 4.16. The van der Waals surface area contributed by atoms with Crippen LogP contribution >= 0.6 is 0 Å². The molecule has 0 unspecified atom stereocenters. The Morgan fingerprint density at radius 2 is 1.78 bits per heavy atom. The lowest BCUT2D eigenvalue weighted by Crippen LogP contribution is -1.98. The molecular formula is C9H22. The highest BCUT2D eigenvalue weighted by Crippen LogP contribution is 2.15. The zero-order valence-electron chi connectivity index (χ0n) is 7.28. The van der Waals surface area contributed by atoms with Gasteiger partial charge in [-0.3, -0.25) is 0 Å². The zero-order valence-corrected chi connectivity index (χ0v) is 7.28. The molecule has 0 aromatic carbocycles. The molecule has 0 aliphatic carbocycles. The number of hydrogen-bond donors (Lipinski definition) is 0. The van der Waals surface area contributed by atoms with E-state index in [1.54, 1.807) is 0 Å². The van der Waals surface area contributed by atoms with Crippen molar-refractivity contribution in [2.75, 3.05) is 0 Å². The summed E-state index contributed by atoms with van der Waals surface area (Å²) in [6, 6.07) is 0. The average Bonchev–Trinajstić information content (AvgIpc) is 1.63. The predicted molar refractivity (Wildman–Crippen MR) is 45.6 cm³/mol. The van der Waals surface area contributed by atoms with Crippen LogP contribution in [0.1, 0.15) is 48.4 Å². The third kappa shape index (κ3) is 5.88. The molecule has 0 heteroatoms. The normalized spacial score (nSPS) is 14.3. The molecule has 0 nitrogen and oxygen atoms in total. The smallest absolute Gasteiger partial charge is 0 e. The molecule has 0 saturated carbocycles. The fourth-order valence-corrected chi connectivity index (χ4v) is 1.42. The Balaban J connectivity index is 0. The van der Waals surface area contributed by atoms with Gasteiger partial charge in [-0.1, -0.05) is 40.5 Å². The van der Waals surface area contributed by atoms with Crippen LogP contribution in [-0.2, 0) is 0 Å². The fourth-order valence-electron chi connectivity index (χ4n) is 1.42. The first kappa shape index (κ1) is 9.00. The number of hydrogen-bond acceptors (Lipinski definition) is 0. The van der Waals surface area contributed by atoms with Crippen molar-refractivity contribution in [3.8, 4) is 0 Å². The topological polar surface area (TPSA) is 0 Å². The van der Waals surface area contributed by atoms with Crippen molar-refractivity contribution in [1.82, 2.24) is 0 Å². The van der Waals surface area contributed by atoms with Crippen molar-refractivity contribution in [1.29, 1.82) is 0 Å². The molecule has 0 radical (unpaired) electrons. The largest absolute Gasteiger partial charge is 0.0654 e. The van der Waals surface area contributed by atoms with E-state index in [0.717, 1.165) is 11.8 Å². The van der Waals surface area contributed by atoms with Crippen molar-refractivity contribution < 1.29 is 1.43 Å². The van der Waals surface area contributed by atoms with Gasteiger partial charge in [0.25, 0.3) is 0 Å². The minimum atomic E-state index is 0. The summed E-state index contributed by atoms with van der Waals surface area (Å²) in [5.74, 6) is 1.82. The van der Waals surface area contributed by atoms with Gasteiger partial charge in [0.15, 0.2) is 0 Å². The van der Waals surface area contributed by atoms with Gasteiger partial charge in [0.1, 0.15) is 0 Å². The molecule has 0 heterocycles. The Kier molecular flexibility index (Phi) is 4.84. The summed E-state index contributed by atoms with van der Waals surface area (Å²) in [4.78, 5) is 0. The van der Waals surface area contributed by atoms with Gasteiger partial charge in [0.05, 0.1) is 0 Å². The fraction of sp³-hybridized carbons (Fsp3) is 1.00. The van der Waals surface area contributed by atoms with E-state index in [1.165, 1.54) is 19.3 Å². The van der Waals surface area contributed by atoms with Crippen LogP contribution in [0.25, 0.3) is 0 Å². The van der Waals surface area contributed by atoms with E-state index in [9.17, 15) is 0 Å². The molecule has 58 valence electrons. The summed E-state index contributed by atoms with van der Waals surface area (Å²) < 4.78 is 0. The van der Waals surface area contributed by atoms with Crippen LogP contribution in [-0.4, -0.2) is 0 Å². The van der Waals surface area contributed by atoms with Gasteiger partial charge in [-0.05, 0) is 18.3 Å². The standard InChI is InChI=1S/C9H20.H2/c1-5-6-9(4)7-8(2)3;/h8-9H,5-7H2,1-4H3;1H/t9-;/m1./s1. The van der Waals surface area contributed by atoms with Crippen LogP contribution < -0.4 is 0 Å². The van der Waals surface area contributed by atoms with Crippen LogP contribution in [0.5, 0.6) is 0 Å². The zero-order chi connectivity index (χ0) is 7.28. The Bertz CT molecular complexity index is 59.7. The van der Waals surface area contributed by atoms with Gasteiger partial charge in [0, 0.05) is 1.43 Å². The summed E-state index contributed by atoms with van der Waals surface area (Å²) in [5, 5.41) is 0. The van der Waals surface area contributed by atoms with Crippen LogP contribution in [0, 0.1) is 11.8 Å².